The zero-order valence-electron chi connectivity index (χ0n) is 16.1. The maximum absolute atomic E-state index is 10.4. The number of hydrogen-bond acceptors (Lipinski definition) is 3. The Morgan fingerprint density at radius 2 is 1.42 bits per heavy atom. The highest BCUT2D eigenvalue weighted by Gasteiger charge is 2.10. The lowest BCUT2D eigenvalue weighted by Gasteiger charge is -2.14. The number of carboxylic acid groups (broad SMARTS) is 1. The van der Waals surface area contributed by atoms with Gasteiger partial charge in [-0.2, -0.15) is 0 Å². The molecule has 0 fully saturated rings. The number of hydrogen-bond donors (Lipinski definition) is 2. The Kier molecular flexibility index (Phi) is 9.27. The van der Waals surface area contributed by atoms with E-state index in [-0.39, 0.29) is 6.61 Å². The van der Waals surface area contributed by atoms with Crippen molar-refractivity contribution < 1.29 is 19.7 Å². The Hall–Kier alpha value is -2.49. The second kappa shape index (κ2) is 11.2. The Balaban J connectivity index is 0.000000273. The summed E-state index contributed by atoms with van der Waals surface area (Å²) in [6.45, 7) is 8.15. The Labute approximate surface area is 156 Å². The molecule has 26 heavy (non-hydrogen) atoms. The number of benzene rings is 2. The zero-order valence-corrected chi connectivity index (χ0v) is 16.1. The molecule has 2 unspecified atom stereocenters. The van der Waals surface area contributed by atoms with Crippen LogP contribution >= 0.6 is 0 Å². The molecule has 4 heteroatoms. The molecule has 0 radical (unpaired) electrons. The number of carboxylic acids is 1. The normalized spacial score (nSPS) is 12.5. The Bertz CT molecular complexity index is 681. The molecule has 2 atom stereocenters. The first-order valence-electron chi connectivity index (χ1n) is 9.12. The predicted molar refractivity (Wildman–Crippen MR) is 105 cm³/mol. The van der Waals surface area contributed by atoms with Crippen molar-refractivity contribution in [1.29, 1.82) is 0 Å². The van der Waals surface area contributed by atoms with Gasteiger partial charge in [0.1, 0.15) is 11.5 Å². The first-order chi connectivity index (χ1) is 12.4. The lowest BCUT2D eigenvalue weighted by molar-refractivity contribution is -0.139. The third-order valence-electron chi connectivity index (χ3n) is 4.49. The number of aliphatic carboxylic acids is 1. The van der Waals surface area contributed by atoms with Gasteiger partial charge in [0.2, 0.25) is 0 Å². The van der Waals surface area contributed by atoms with E-state index in [1.165, 1.54) is 0 Å². The minimum absolute atomic E-state index is 0.284. The summed E-state index contributed by atoms with van der Waals surface area (Å²) in [5.41, 5.74) is 2.12. The molecule has 142 valence electrons. The summed E-state index contributed by atoms with van der Waals surface area (Å²) in [6.07, 6.45) is 2.07. The molecule has 0 bridgehead atoms. The number of rotatable bonds is 7. The third-order valence-corrected chi connectivity index (χ3v) is 4.49. The minimum Gasteiger partial charge on any atom is -0.508 e. The van der Waals surface area contributed by atoms with Crippen molar-refractivity contribution in [3.05, 3.63) is 59.7 Å². The molecule has 2 aromatic rings. The summed E-state index contributed by atoms with van der Waals surface area (Å²) in [4.78, 5) is 10.4. The predicted octanol–water partition coefficient (Wildman–Crippen LogP) is 5.57. The highest BCUT2D eigenvalue weighted by molar-refractivity contribution is 5.68. The second-order valence-electron chi connectivity index (χ2n) is 6.40. The fourth-order valence-electron chi connectivity index (χ4n) is 2.50. The van der Waals surface area contributed by atoms with Gasteiger partial charge in [0.05, 0.1) is 0 Å². The van der Waals surface area contributed by atoms with Gasteiger partial charge in [-0.25, -0.2) is 4.79 Å². The van der Waals surface area contributed by atoms with E-state index < -0.39 is 5.97 Å². The topological polar surface area (TPSA) is 66.8 Å². The van der Waals surface area contributed by atoms with E-state index in [0.29, 0.717) is 23.3 Å². The van der Waals surface area contributed by atoms with Gasteiger partial charge in [-0.05, 0) is 47.9 Å². The van der Waals surface area contributed by atoms with Gasteiger partial charge < -0.3 is 14.9 Å². The van der Waals surface area contributed by atoms with Crippen molar-refractivity contribution in [2.24, 2.45) is 0 Å². The maximum atomic E-state index is 10.4. The molecule has 0 aliphatic rings. The van der Waals surface area contributed by atoms with Crippen molar-refractivity contribution >= 4 is 5.97 Å². The van der Waals surface area contributed by atoms with E-state index in [0.717, 1.165) is 24.0 Å². The van der Waals surface area contributed by atoms with Crippen LogP contribution in [0.5, 0.6) is 11.5 Å². The molecule has 0 aliphatic heterocycles. The summed E-state index contributed by atoms with van der Waals surface area (Å²) >= 11 is 0. The molecule has 4 nitrogen and oxygen atoms in total. The molecular weight excluding hydrogens is 328 g/mol. The third kappa shape index (κ3) is 6.79. The number of phenolic OH excluding ortho intramolecular Hbond substituents is 1. The van der Waals surface area contributed by atoms with Crippen molar-refractivity contribution in [2.45, 2.75) is 52.4 Å². The summed E-state index contributed by atoms with van der Waals surface area (Å²) in [6, 6.07) is 15.1. The van der Waals surface area contributed by atoms with Crippen LogP contribution < -0.4 is 4.74 Å². The Morgan fingerprint density at radius 1 is 0.923 bits per heavy atom. The molecule has 2 rings (SSSR count). The van der Waals surface area contributed by atoms with Crippen LogP contribution in [0.3, 0.4) is 0 Å². The lowest BCUT2D eigenvalue weighted by atomic mass is 9.98. The van der Waals surface area contributed by atoms with Gasteiger partial charge in [0, 0.05) is 0 Å². The van der Waals surface area contributed by atoms with Gasteiger partial charge in [0.25, 0.3) is 0 Å². The summed E-state index contributed by atoms with van der Waals surface area (Å²) in [5.74, 6) is 0.983. The molecule has 0 saturated heterocycles. The van der Waals surface area contributed by atoms with Crippen molar-refractivity contribution in [3.63, 3.8) is 0 Å². The molecule has 0 amide bonds. The average Bonchev–Trinajstić information content (AvgIpc) is 2.66. The molecule has 0 aliphatic carbocycles. The van der Waals surface area contributed by atoms with Gasteiger partial charge in [-0.1, -0.05) is 64.1 Å². The van der Waals surface area contributed by atoms with Crippen molar-refractivity contribution in [3.8, 4) is 11.5 Å². The number of carbonyl (C=O) groups is 1. The van der Waals surface area contributed by atoms with Crippen LogP contribution in [0.1, 0.15) is 63.5 Å². The summed E-state index contributed by atoms with van der Waals surface area (Å²) in [5, 5.41) is 17.9. The molecule has 0 saturated carbocycles. The molecule has 2 N–H and O–H groups in total. The second-order valence-corrected chi connectivity index (χ2v) is 6.40. The Morgan fingerprint density at radius 3 is 1.96 bits per heavy atom. The molecule has 0 spiro atoms. The largest absolute Gasteiger partial charge is 0.508 e. The fourth-order valence-corrected chi connectivity index (χ4v) is 2.50. The quantitative estimate of drug-likeness (QED) is 0.679. The van der Waals surface area contributed by atoms with Gasteiger partial charge in [-0.3, -0.25) is 0 Å². The first-order valence-corrected chi connectivity index (χ1v) is 9.12. The molecule has 0 aromatic heterocycles. The van der Waals surface area contributed by atoms with E-state index in [9.17, 15) is 9.90 Å². The average molecular weight is 358 g/mol. The van der Waals surface area contributed by atoms with Crippen LogP contribution in [0.25, 0.3) is 0 Å². The maximum Gasteiger partial charge on any atom is 0.341 e. The van der Waals surface area contributed by atoms with Gasteiger partial charge >= 0.3 is 5.97 Å². The number of para-hydroxylation sites is 2. The van der Waals surface area contributed by atoms with E-state index in [1.54, 1.807) is 6.07 Å². The molecule has 0 heterocycles. The van der Waals surface area contributed by atoms with E-state index >= 15 is 0 Å². The van der Waals surface area contributed by atoms with Gasteiger partial charge in [0.15, 0.2) is 6.61 Å². The van der Waals surface area contributed by atoms with Crippen molar-refractivity contribution in [1.82, 2.24) is 0 Å². The number of ether oxygens (including phenoxy) is 1. The van der Waals surface area contributed by atoms with Gasteiger partial charge in [-0.15, -0.1) is 0 Å². The summed E-state index contributed by atoms with van der Waals surface area (Å²) < 4.78 is 5.22. The van der Waals surface area contributed by atoms with Crippen LogP contribution in [0.4, 0.5) is 0 Å². The lowest BCUT2D eigenvalue weighted by Crippen LogP contribution is -2.11. The minimum atomic E-state index is -0.950. The van der Waals surface area contributed by atoms with E-state index in [2.05, 4.69) is 27.7 Å². The number of phenols is 1. The standard InChI is InChI=1S/C12H16O3.C10H14O/c1-3-9(2)10-6-4-5-7-11(10)15-8-12(13)14;1-3-8(2)9-6-4-5-7-10(9)11/h4-7,9H,3,8H2,1-2H3,(H,13,14);4-8,11H,3H2,1-2H3. The van der Waals surface area contributed by atoms with Crippen LogP contribution in [0.2, 0.25) is 0 Å². The van der Waals surface area contributed by atoms with Crippen LogP contribution in [-0.4, -0.2) is 22.8 Å². The molecule has 2 aromatic carbocycles. The number of aromatic hydroxyl groups is 1. The van der Waals surface area contributed by atoms with Crippen LogP contribution in [0.15, 0.2) is 48.5 Å². The first kappa shape index (κ1) is 21.6. The SMILES string of the molecule is CCC(C)c1ccccc1O.CCC(C)c1ccccc1OCC(=O)O. The smallest absolute Gasteiger partial charge is 0.341 e. The van der Waals surface area contributed by atoms with E-state index in [4.69, 9.17) is 9.84 Å². The molecular formula is C22H30O4. The summed E-state index contributed by atoms with van der Waals surface area (Å²) in [7, 11) is 0. The van der Waals surface area contributed by atoms with Crippen molar-refractivity contribution in [2.75, 3.05) is 6.61 Å². The fraction of sp³-hybridized carbons (Fsp3) is 0.409. The highest BCUT2D eigenvalue weighted by atomic mass is 16.5. The van der Waals surface area contributed by atoms with E-state index in [1.807, 2.05) is 42.5 Å². The highest BCUT2D eigenvalue weighted by Crippen LogP contribution is 2.28. The monoisotopic (exact) mass is 358 g/mol. The van der Waals surface area contributed by atoms with Crippen LogP contribution in [0, 0.1) is 0 Å². The van der Waals surface area contributed by atoms with Crippen LogP contribution in [-0.2, 0) is 4.79 Å². The zero-order chi connectivity index (χ0) is 19.5.